The second-order valence-corrected chi connectivity index (χ2v) is 8.34. The number of nitrogens with zero attached hydrogens (tertiary/aromatic N) is 4. The third-order valence-electron chi connectivity index (χ3n) is 5.71. The van der Waals surface area contributed by atoms with Crippen LogP contribution in [0.3, 0.4) is 0 Å². The van der Waals surface area contributed by atoms with E-state index in [0.29, 0.717) is 12.7 Å². The quantitative estimate of drug-likeness (QED) is 0.499. The van der Waals surface area contributed by atoms with Gasteiger partial charge in [-0.25, -0.2) is 4.68 Å². The van der Waals surface area contributed by atoms with Crippen LogP contribution in [0.5, 0.6) is 0 Å². The molecule has 3 aromatic rings. The molecule has 0 spiro atoms. The van der Waals surface area contributed by atoms with Crippen LogP contribution in [0.25, 0.3) is 11.4 Å². The molecule has 0 radical (unpaired) electrons. The lowest BCUT2D eigenvalue weighted by Gasteiger charge is -2.31. The number of ether oxygens (including phenoxy) is 1. The molecule has 0 atom stereocenters. The lowest BCUT2D eigenvalue weighted by atomic mass is 10.1. The Morgan fingerprint density at radius 3 is 2.53 bits per heavy atom. The van der Waals surface area contributed by atoms with E-state index in [2.05, 4.69) is 71.8 Å². The van der Waals surface area contributed by atoms with Gasteiger partial charge in [-0.1, -0.05) is 54.1 Å². The highest BCUT2D eigenvalue weighted by Crippen LogP contribution is 2.21. The minimum Gasteiger partial charge on any atom is -0.373 e. The van der Waals surface area contributed by atoms with Crippen LogP contribution in [-0.2, 0) is 24.6 Å². The van der Waals surface area contributed by atoms with Crippen LogP contribution in [0, 0.1) is 11.7 Å². The van der Waals surface area contributed by atoms with E-state index in [1.807, 2.05) is 10.7 Å². The molecule has 5 nitrogen and oxygen atoms in total. The molecule has 1 aliphatic heterocycles. The number of hydrogen-bond donors (Lipinski definition) is 0. The van der Waals surface area contributed by atoms with Gasteiger partial charge in [0, 0.05) is 25.2 Å². The lowest BCUT2D eigenvalue weighted by Crippen LogP contribution is -2.38. The van der Waals surface area contributed by atoms with Gasteiger partial charge in [-0.15, -0.1) is 0 Å². The van der Waals surface area contributed by atoms with E-state index in [0.717, 1.165) is 55.3 Å². The fourth-order valence-electron chi connectivity index (χ4n) is 4.01. The molecule has 30 heavy (non-hydrogen) atoms. The average molecular weight is 423 g/mol. The zero-order valence-corrected chi connectivity index (χ0v) is 18.6. The second-order valence-electron chi connectivity index (χ2n) is 7.97. The van der Waals surface area contributed by atoms with Crippen LogP contribution >= 0.6 is 12.2 Å². The predicted octanol–water partition coefficient (Wildman–Crippen LogP) is 5.05. The molecule has 1 aromatic heterocycles. The van der Waals surface area contributed by atoms with E-state index in [9.17, 15) is 0 Å². The molecule has 158 valence electrons. The molecule has 0 N–H and O–H groups in total. The van der Waals surface area contributed by atoms with E-state index in [1.165, 1.54) is 11.1 Å². The fourth-order valence-corrected chi connectivity index (χ4v) is 4.33. The van der Waals surface area contributed by atoms with Crippen molar-refractivity contribution in [2.45, 2.75) is 52.6 Å². The summed E-state index contributed by atoms with van der Waals surface area (Å²) in [5.74, 6) is 0.951. The summed E-state index contributed by atoms with van der Waals surface area (Å²) < 4.78 is 11.0. The van der Waals surface area contributed by atoms with E-state index in [-0.39, 0.29) is 0 Å². The summed E-state index contributed by atoms with van der Waals surface area (Å²) in [6.45, 7) is 8.47. The normalized spacial score (nSPS) is 15.5. The average Bonchev–Trinajstić information content (AvgIpc) is 3.09. The summed E-state index contributed by atoms with van der Waals surface area (Å²) in [7, 11) is 0. The molecular weight excluding hydrogens is 392 g/mol. The number of rotatable bonds is 7. The van der Waals surface area contributed by atoms with Gasteiger partial charge < -0.3 is 9.30 Å². The Morgan fingerprint density at radius 1 is 1.07 bits per heavy atom. The third-order valence-corrected chi connectivity index (χ3v) is 6.14. The first-order valence-electron chi connectivity index (χ1n) is 10.8. The van der Waals surface area contributed by atoms with Crippen molar-refractivity contribution in [1.82, 2.24) is 19.2 Å². The minimum absolute atomic E-state index is 0.325. The molecule has 1 saturated heterocycles. The lowest BCUT2D eigenvalue weighted by molar-refractivity contribution is -0.00918. The van der Waals surface area contributed by atoms with E-state index >= 15 is 0 Å². The molecule has 1 fully saturated rings. The van der Waals surface area contributed by atoms with Crippen LogP contribution in [0.15, 0.2) is 54.6 Å². The number of likely N-dealkylation sites (tertiary alicyclic amines) is 1. The molecule has 0 unspecified atom stereocenters. The Balaban J connectivity index is 1.38. The Hall–Kier alpha value is -2.28. The Kier molecular flexibility index (Phi) is 6.77. The molecule has 0 amide bonds. The van der Waals surface area contributed by atoms with Crippen LogP contribution in [0.4, 0.5) is 0 Å². The second kappa shape index (κ2) is 9.69. The van der Waals surface area contributed by atoms with Gasteiger partial charge in [0.1, 0.15) is 0 Å². The summed E-state index contributed by atoms with van der Waals surface area (Å²) in [4.78, 5) is 2.42. The summed E-state index contributed by atoms with van der Waals surface area (Å²) in [6.07, 6.45) is 2.41. The molecule has 0 bridgehead atoms. The van der Waals surface area contributed by atoms with Crippen molar-refractivity contribution < 1.29 is 4.74 Å². The Labute approximate surface area is 183 Å². The fraction of sp³-hybridized carbons (Fsp3) is 0.417. The van der Waals surface area contributed by atoms with E-state index < -0.39 is 0 Å². The topological polar surface area (TPSA) is 35.2 Å². The van der Waals surface area contributed by atoms with Crippen LogP contribution in [0.1, 0.15) is 30.9 Å². The van der Waals surface area contributed by atoms with Crippen molar-refractivity contribution in [1.29, 1.82) is 0 Å². The van der Waals surface area contributed by atoms with E-state index in [1.54, 1.807) is 0 Å². The van der Waals surface area contributed by atoms with Crippen molar-refractivity contribution in [3.05, 3.63) is 70.5 Å². The van der Waals surface area contributed by atoms with Crippen molar-refractivity contribution in [3.63, 3.8) is 0 Å². The standard InChI is InChI=1S/C24H30N4OS/c1-3-27-23(21-11-7-8-19(2)16-21)25-28(24(27)30)18-26-14-12-22(13-15-26)29-17-20-9-5-4-6-10-20/h4-11,16,22H,3,12-15,17-18H2,1-2H3. The maximum Gasteiger partial charge on any atom is 0.199 e. The molecule has 0 aliphatic carbocycles. The summed E-state index contributed by atoms with van der Waals surface area (Å²) in [6, 6.07) is 18.9. The first-order valence-corrected chi connectivity index (χ1v) is 11.2. The molecule has 1 aliphatic rings. The number of piperidine rings is 1. The monoisotopic (exact) mass is 422 g/mol. The van der Waals surface area contributed by atoms with Crippen molar-refractivity contribution in [2.24, 2.45) is 0 Å². The van der Waals surface area contributed by atoms with Crippen LogP contribution in [-0.4, -0.2) is 38.4 Å². The molecule has 6 heteroatoms. The molecule has 2 aromatic carbocycles. The van der Waals surface area contributed by atoms with Crippen molar-refractivity contribution in [3.8, 4) is 11.4 Å². The van der Waals surface area contributed by atoms with Crippen molar-refractivity contribution >= 4 is 12.2 Å². The molecule has 4 rings (SSSR count). The highest BCUT2D eigenvalue weighted by atomic mass is 32.1. The van der Waals surface area contributed by atoms with Gasteiger partial charge in [0.2, 0.25) is 0 Å². The minimum atomic E-state index is 0.325. The highest BCUT2D eigenvalue weighted by Gasteiger charge is 2.21. The SMILES string of the molecule is CCn1c(-c2cccc(C)c2)nn(CN2CCC(OCc3ccccc3)CC2)c1=S. The summed E-state index contributed by atoms with van der Waals surface area (Å²) in [5, 5.41) is 4.88. The van der Waals surface area contributed by atoms with E-state index in [4.69, 9.17) is 22.1 Å². The zero-order valence-electron chi connectivity index (χ0n) is 17.8. The first kappa shape index (κ1) is 21.0. The van der Waals surface area contributed by atoms with Gasteiger partial charge in [0.25, 0.3) is 0 Å². The predicted molar refractivity (Wildman–Crippen MR) is 123 cm³/mol. The van der Waals surface area contributed by atoms with Gasteiger partial charge in [0.15, 0.2) is 10.6 Å². The third kappa shape index (κ3) is 4.89. The summed E-state index contributed by atoms with van der Waals surface area (Å²) in [5.41, 5.74) is 3.59. The van der Waals surface area contributed by atoms with Gasteiger partial charge >= 0.3 is 0 Å². The van der Waals surface area contributed by atoms with Gasteiger partial charge in [-0.3, -0.25) is 4.90 Å². The Bertz CT molecular complexity index is 1020. The highest BCUT2D eigenvalue weighted by molar-refractivity contribution is 7.71. The van der Waals surface area contributed by atoms with Crippen LogP contribution < -0.4 is 0 Å². The number of aryl methyl sites for hydroxylation is 1. The molecule has 0 saturated carbocycles. The van der Waals surface area contributed by atoms with Crippen molar-refractivity contribution in [2.75, 3.05) is 13.1 Å². The van der Waals surface area contributed by atoms with Crippen LogP contribution in [0.2, 0.25) is 0 Å². The maximum atomic E-state index is 6.13. The number of aromatic nitrogens is 3. The van der Waals surface area contributed by atoms with Gasteiger partial charge in [-0.2, -0.15) is 5.10 Å². The smallest absolute Gasteiger partial charge is 0.199 e. The van der Waals surface area contributed by atoms with Gasteiger partial charge in [-0.05, 0) is 50.5 Å². The zero-order chi connectivity index (χ0) is 20.9. The largest absolute Gasteiger partial charge is 0.373 e. The molecule has 2 heterocycles. The first-order chi connectivity index (χ1) is 14.6. The van der Waals surface area contributed by atoms with Gasteiger partial charge in [0.05, 0.1) is 19.4 Å². The number of benzene rings is 2. The number of hydrogen-bond acceptors (Lipinski definition) is 4. The maximum absolute atomic E-state index is 6.13. The Morgan fingerprint density at radius 2 is 1.83 bits per heavy atom. The summed E-state index contributed by atoms with van der Waals surface area (Å²) >= 11 is 5.74. The molecular formula is C24H30N4OS.